The van der Waals surface area contributed by atoms with E-state index in [9.17, 15) is 0 Å². The van der Waals surface area contributed by atoms with Gasteiger partial charge < -0.3 is 15.9 Å². The first kappa shape index (κ1) is 10.9. The smallest absolute Gasteiger partial charge is 0.125 e. The Morgan fingerprint density at radius 3 is 2.69 bits per heavy atom. The Morgan fingerprint density at radius 2 is 2.06 bits per heavy atom. The highest BCUT2D eigenvalue weighted by molar-refractivity contribution is 5.30. The number of benzene rings is 1. The van der Waals surface area contributed by atoms with Crippen LogP contribution in [0.25, 0.3) is 0 Å². The van der Waals surface area contributed by atoms with Gasteiger partial charge in [-0.2, -0.15) is 0 Å². The third-order valence-electron chi connectivity index (χ3n) is 2.61. The van der Waals surface area contributed by atoms with E-state index in [1.807, 2.05) is 43.3 Å². The van der Waals surface area contributed by atoms with E-state index in [1.54, 1.807) is 0 Å². The second-order valence-electron chi connectivity index (χ2n) is 3.88. The van der Waals surface area contributed by atoms with Crippen molar-refractivity contribution in [3.05, 3.63) is 59.0 Å². The molecule has 0 radical (unpaired) electrons. The molecule has 3 heteroatoms. The van der Waals surface area contributed by atoms with Crippen LogP contribution in [0.5, 0.6) is 0 Å². The fourth-order valence-corrected chi connectivity index (χ4v) is 1.70. The summed E-state index contributed by atoms with van der Waals surface area (Å²) in [7, 11) is 0. The highest BCUT2D eigenvalue weighted by Gasteiger charge is 2.12. The summed E-state index contributed by atoms with van der Waals surface area (Å²) in [6, 6.07) is 11.6. The molecule has 2 rings (SSSR count). The molecule has 1 heterocycles. The zero-order chi connectivity index (χ0) is 11.5. The molecular formula is C13H16N2O. The van der Waals surface area contributed by atoms with Gasteiger partial charge in [0.2, 0.25) is 0 Å². The summed E-state index contributed by atoms with van der Waals surface area (Å²) in [6.07, 6.45) is 0. The summed E-state index contributed by atoms with van der Waals surface area (Å²) in [5.74, 6) is 1.66. The molecule has 0 aliphatic rings. The van der Waals surface area contributed by atoms with Gasteiger partial charge in [-0.25, -0.2) is 0 Å². The molecule has 1 aromatic carbocycles. The monoisotopic (exact) mass is 216 g/mol. The summed E-state index contributed by atoms with van der Waals surface area (Å²) in [5.41, 5.74) is 13.8. The van der Waals surface area contributed by atoms with Crippen molar-refractivity contribution in [2.45, 2.75) is 19.5 Å². The minimum Gasteiger partial charge on any atom is -0.464 e. The maximum atomic E-state index is 6.12. The average Bonchev–Trinajstić information content (AvgIpc) is 2.75. The zero-order valence-corrected chi connectivity index (χ0v) is 9.31. The second kappa shape index (κ2) is 4.51. The minimum absolute atomic E-state index is 0.222. The number of nitrogens with two attached hydrogens (primary N) is 2. The minimum atomic E-state index is -0.222. The van der Waals surface area contributed by atoms with Crippen molar-refractivity contribution in [3.8, 4) is 0 Å². The first-order valence-electron chi connectivity index (χ1n) is 5.31. The Kier molecular flexibility index (Phi) is 3.08. The maximum absolute atomic E-state index is 6.12. The van der Waals surface area contributed by atoms with Crippen molar-refractivity contribution in [3.63, 3.8) is 0 Å². The van der Waals surface area contributed by atoms with E-state index in [1.165, 1.54) is 0 Å². The Morgan fingerprint density at radius 1 is 1.25 bits per heavy atom. The highest BCUT2D eigenvalue weighted by atomic mass is 16.3. The zero-order valence-electron chi connectivity index (χ0n) is 9.31. The molecule has 0 aliphatic heterocycles. The first-order valence-corrected chi connectivity index (χ1v) is 5.31. The van der Waals surface area contributed by atoms with Crippen molar-refractivity contribution in [1.29, 1.82) is 0 Å². The first-order chi connectivity index (χ1) is 7.70. The molecule has 1 aromatic heterocycles. The molecule has 16 heavy (non-hydrogen) atoms. The largest absolute Gasteiger partial charge is 0.464 e. The fraction of sp³-hybridized carbons (Fsp3) is 0.231. The van der Waals surface area contributed by atoms with Gasteiger partial charge in [0.05, 0.1) is 6.04 Å². The fourth-order valence-electron chi connectivity index (χ4n) is 1.70. The standard InChI is InChI=1S/C13H16N2O/c1-9-5-6-12(16-9)13(15)11-4-2-3-10(7-11)8-14/h2-7,13H,8,14-15H2,1H3. The van der Waals surface area contributed by atoms with Crippen LogP contribution < -0.4 is 11.5 Å². The molecular weight excluding hydrogens is 200 g/mol. The average molecular weight is 216 g/mol. The topological polar surface area (TPSA) is 65.2 Å². The Labute approximate surface area is 95.1 Å². The lowest BCUT2D eigenvalue weighted by molar-refractivity contribution is 0.466. The van der Waals surface area contributed by atoms with Gasteiger partial charge in [-0.3, -0.25) is 0 Å². The third-order valence-corrected chi connectivity index (χ3v) is 2.61. The van der Waals surface area contributed by atoms with Crippen LogP contribution in [0.15, 0.2) is 40.8 Å². The number of hydrogen-bond acceptors (Lipinski definition) is 3. The molecule has 1 atom stereocenters. The van der Waals surface area contributed by atoms with Crippen LogP contribution in [0, 0.1) is 6.92 Å². The molecule has 0 fully saturated rings. The van der Waals surface area contributed by atoms with E-state index >= 15 is 0 Å². The van der Waals surface area contributed by atoms with Gasteiger partial charge in [0.1, 0.15) is 11.5 Å². The van der Waals surface area contributed by atoms with Gasteiger partial charge in [-0.1, -0.05) is 24.3 Å². The van der Waals surface area contributed by atoms with Crippen molar-refractivity contribution in [2.75, 3.05) is 0 Å². The van der Waals surface area contributed by atoms with Crippen molar-refractivity contribution < 1.29 is 4.42 Å². The van der Waals surface area contributed by atoms with Gasteiger partial charge in [0.25, 0.3) is 0 Å². The van der Waals surface area contributed by atoms with E-state index < -0.39 is 0 Å². The van der Waals surface area contributed by atoms with E-state index in [0.717, 1.165) is 22.6 Å². The molecule has 0 amide bonds. The second-order valence-corrected chi connectivity index (χ2v) is 3.88. The number of furan rings is 1. The summed E-state index contributed by atoms with van der Waals surface area (Å²) in [4.78, 5) is 0. The normalized spacial score (nSPS) is 12.7. The number of rotatable bonds is 3. The van der Waals surface area contributed by atoms with Crippen molar-refractivity contribution in [2.24, 2.45) is 11.5 Å². The molecule has 3 nitrogen and oxygen atoms in total. The predicted octanol–water partition coefficient (Wildman–Crippen LogP) is 2.09. The number of aryl methyl sites for hydroxylation is 1. The quantitative estimate of drug-likeness (QED) is 0.825. The molecule has 0 saturated carbocycles. The van der Waals surface area contributed by atoms with Crippen LogP contribution >= 0.6 is 0 Å². The van der Waals surface area contributed by atoms with Crippen LogP contribution in [0.1, 0.15) is 28.7 Å². The van der Waals surface area contributed by atoms with Gasteiger partial charge >= 0.3 is 0 Å². The van der Waals surface area contributed by atoms with Crippen LogP contribution in [-0.2, 0) is 6.54 Å². The predicted molar refractivity (Wildman–Crippen MR) is 63.8 cm³/mol. The van der Waals surface area contributed by atoms with E-state index in [4.69, 9.17) is 15.9 Å². The summed E-state index contributed by atoms with van der Waals surface area (Å²) < 4.78 is 5.52. The van der Waals surface area contributed by atoms with E-state index in [2.05, 4.69) is 0 Å². The lowest BCUT2D eigenvalue weighted by Crippen LogP contribution is -2.11. The third kappa shape index (κ3) is 2.15. The van der Waals surface area contributed by atoms with Crippen LogP contribution in [0.2, 0.25) is 0 Å². The van der Waals surface area contributed by atoms with Gasteiger partial charge in [0.15, 0.2) is 0 Å². The summed E-state index contributed by atoms with van der Waals surface area (Å²) in [5, 5.41) is 0. The molecule has 0 saturated heterocycles. The Hall–Kier alpha value is -1.58. The van der Waals surface area contributed by atoms with E-state index in [-0.39, 0.29) is 6.04 Å². The van der Waals surface area contributed by atoms with Gasteiger partial charge in [-0.05, 0) is 30.2 Å². The van der Waals surface area contributed by atoms with Crippen molar-refractivity contribution >= 4 is 0 Å². The van der Waals surface area contributed by atoms with Gasteiger partial charge in [-0.15, -0.1) is 0 Å². The Bertz CT molecular complexity index is 476. The summed E-state index contributed by atoms with van der Waals surface area (Å²) in [6.45, 7) is 2.43. The Balaban J connectivity index is 2.29. The summed E-state index contributed by atoms with van der Waals surface area (Å²) >= 11 is 0. The molecule has 1 unspecified atom stereocenters. The van der Waals surface area contributed by atoms with Crippen LogP contribution in [0.3, 0.4) is 0 Å². The molecule has 0 aliphatic carbocycles. The van der Waals surface area contributed by atoms with E-state index in [0.29, 0.717) is 6.54 Å². The number of hydrogen-bond donors (Lipinski definition) is 2. The molecule has 84 valence electrons. The highest BCUT2D eigenvalue weighted by Crippen LogP contribution is 2.22. The molecule has 2 aromatic rings. The van der Waals surface area contributed by atoms with Gasteiger partial charge in [0, 0.05) is 6.54 Å². The lowest BCUT2D eigenvalue weighted by atomic mass is 10.0. The molecule has 0 spiro atoms. The van der Waals surface area contributed by atoms with Crippen LogP contribution in [0.4, 0.5) is 0 Å². The van der Waals surface area contributed by atoms with Crippen LogP contribution in [-0.4, -0.2) is 0 Å². The SMILES string of the molecule is Cc1ccc(C(N)c2cccc(CN)c2)o1. The lowest BCUT2D eigenvalue weighted by Gasteiger charge is -2.10. The molecule has 0 bridgehead atoms. The van der Waals surface area contributed by atoms with Crippen molar-refractivity contribution in [1.82, 2.24) is 0 Å². The maximum Gasteiger partial charge on any atom is 0.125 e. The molecule has 4 N–H and O–H groups in total.